The predicted molar refractivity (Wildman–Crippen MR) is 112 cm³/mol. The molecule has 3 amide bonds. The maximum absolute atomic E-state index is 12.1. The van der Waals surface area contributed by atoms with Gasteiger partial charge >= 0.3 is 6.03 Å². The van der Waals surface area contributed by atoms with E-state index in [0.29, 0.717) is 18.0 Å². The highest BCUT2D eigenvalue weighted by molar-refractivity contribution is 6.02. The van der Waals surface area contributed by atoms with Crippen molar-refractivity contribution < 1.29 is 14.3 Å². The molecule has 2 aromatic carbocycles. The number of hydrogen-bond acceptors (Lipinski definition) is 4. The lowest BCUT2D eigenvalue weighted by molar-refractivity contribution is -0.111. The van der Waals surface area contributed by atoms with Crippen molar-refractivity contribution in [2.75, 3.05) is 10.6 Å². The van der Waals surface area contributed by atoms with E-state index in [9.17, 15) is 9.59 Å². The molecule has 7 heteroatoms. The standard InChI is InChI=1S/C22H20N4O3/c23-22(28)26-18-9-7-17(8-10-18)25-21(27)13-6-16-4-11-20(12-5-16)29-15-19-3-1-2-14-24-19/h1-14H,15H2,(H,25,27)(H3,23,26,28)/b13-6+. The molecular weight excluding hydrogens is 368 g/mol. The van der Waals surface area contributed by atoms with E-state index in [1.807, 2.05) is 42.5 Å². The van der Waals surface area contributed by atoms with Crippen molar-refractivity contribution in [3.8, 4) is 5.75 Å². The van der Waals surface area contributed by atoms with Crippen LogP contribution in [0, 0.1) is 0 Å². The summed E-state index contributed by atoms with van der Waals surface area (Å²) in [4.78, 5) is 27.1. The van der Waals surface area contributed by atoms with Crippen molar-refractivity contribution in [3.05, 3.63) is 90.3 Å². The molecule has 3 aromatic rings. The monoisotopic (exact) mass is 388 g/mol. The number of carbonyl (C=O) groups is 2. The quantitative estimate of drug-likeness (QED) is 0.535. The Kier molecular flexibility index (Phi) is 6.57. The molecule has 0 fully saturated rings. The van der Waals surface area contributed by atoms with Crippen LogP contribution in [0.15, 0.2) is 79.0 Å². The fraction of sp³-hybridized carbons (Fsp3) is 0.0455. The molecule has 0 atom stereocenters. The van der Waals surface area contributed by atoms with Gasteiger partial charge in [-0.2, -0.15) is 0 Å². The van der Waals surface area contributed by atoms with E-state index < -0.39 is 6.03 Å². The summed E-state index contributed by atoms with van der Waals surface area (Å²) in [5, 5.41) is 5.19. The Morgan fingerprint density at radius 3 is 2.24 bits per heavy atom. The second-order valence-corrected chi connectivity index (χ2v) is 6.07. The van der Waals surface area contributed by atoms with Crippen molar-refractivity contribution in [1.82, 2.24) is 4.98 Å². The highest BCUT2D eigenvalue weighted by Gasteiger charge is 2.01. The Hall–Kier alpha value is -4.13. The number of nitrogens with zero attached hydrogens (tertiary/aromatic N) is 1. The SMILES string of the molecule is NC(=O)Nc1ccc(NC(=O)/C=C/c2ccc(OCc3ccccn3)cc2)cc1. The molecule has 3 rings (SSSR count). The van der Waals surface area contributed by atoms with Crippen LogP contribution in [0.25, 0.3) is 6.08 Å². The number of benzene rings is 2. The second-order valence-electron chi connectivity index (χ2n) is 6.07. The largest absolute Gasteiger partial charge is 0.487 e. The fourth-order valence-electron chi connectivity index (χ4n) is 2.45. The lowest BCUT2D eigenvalue weighted by Gasteiger charge is -2.06. The van der Waals surface area contributed by atoms with Crippen LogP contribution >= 0.6 is 0 Å². The smallest absolute Gasteiger partial charge is 0.316 e. The van der Waals surface area contributed by atoms with E-state index in [1.54, 1.807) is 36.5 Å². The van der Waals surface area contributed by atoms with Crippen LogP contribution in [-0.4, -0.2) is 16.9 Å². The lowest BCUT2D eigenvalue weighted by atomic mass is 10.2. The molecule has 0 aliphatic rings. The number of hydrogen-bond donors (Lipinski definition) is 3. The number of nitrogens with two attached hydrogens (primary N) is 1. The predicted octanol–water partition coefficient (Wildman–Crippen LogP) is 3.80. The summed E-state index contributed by atoms with van der Waals surface area (Å²) >= 11 is 0. The lowest BCUT2D eigenvalue weighted by Crippen LogP contribution is -2.19. The highest BCUT2D eigenvalue weighted by atomic mass is 16.5. The van der Waals surface area contributed by atoms with Crippen LogP contribution in [-0.2, 0) is 11.4 Å². The third-order valence-electron chi connectivity index (χ3n) is 3.84. The zero-order valence-corrected chi connectivity index (χ0v) is 15.5. The minimum absolute atomic E-state index is 0.268. The molecule has 146 valence electrons. The molecule has 0 unspecified atom stereocenters. The summed E-state index contributed by atoms with van der Waals surface area (Å²) < 4.78 is 5.69. The molecule has 0 saturated heterocycles. The van der Waals surface area contributed by atoms with E-state index in [0.717, 1.165) is 17.0 Å². The zero-order chi connectivity index (χ0) is 20.5. The Morgan fingerprint density at radius 2 is 1.62 bits per heavy atom. The second kappa shape index (κ2) is 9.70. The molecule has 7 nitrogen and oxygen atoms in total. The van der Waals surface area contributed by atoms with E-state index >= 15 is 0 Å². The van der Waals surface area contributed by atoms with Crippen LogP contribution in [0.1, 0.15) is 11.3 Å². The van der Waals surface area contributed by atoms with E-state index in [4.69, 9.17) is 10.5 Å². The molecule has 1 aromatic heterocycles. The van der Waals surface area contributed by atoms with Gasteiger partial charge < -0.3 is 21.1 Å². The van der Waals surface area contributed by atoms with Crippen LogP contribution < -0.4 is 21.1 Å². The average molecular weight is 388 g/mol. The maximum atomic E-state index is 12.1. The summed E-state index contributed by atoms with van der Waals surface area (Å²) in [6.07, 6.45) is 4.88. The van der Waals surface area contributed by atoms with Gasteiger partial charge in [0.2, 0.25) is 5.91 Å². The highest BCUT2D eigenvalue weighted by Crippen LogP contribution is 2.16. The number of amides is 3. The van der Waals surface area contributed by atoms with Crippen molar-refractivity contribution in [3.63, 3.8) is 0 Å². The van der Waals surface area contributed by atoms with Gasteiger partial charge in [0, 0.05) is 23.6 Å². The average Bonchev–Trinajstić information content (AvgIpc) is 2.73. The molecule has 1 heterocycles. The minimum atomic E-state index is -0.641. The molecule has 0 aliphatic carbocycles. The topological polar surface area (TPSA) is 106 Å². The minimum Gasteiger partial charge on any atom is -0.487 e. The number of primary amides is 1. The van der Waals surface area contributed by atoms with E-state index in [2.05, 4.69) is 15.6 Å². The molecule has 0 aliphatic heterocycles. The number of pyridine rings is 1. The Balaban J connectivity index is 1.50. The van der Waals surface area contributed by atoms with Gasteiger partial charge in [0.25, 0.3) is 0 Å². The number of urea groups is 1. The first-order valence-electron chi connectivity index (χ1n) is 8.87. The molecule has 4 N–H and O–H groups in total. The molecule has 0 spiro atoms. The molecule has 0 saturated carbocycles. The summed E-state index contributed by atoms with van der Waals surface area (Å²) in [5.74, 6) is 0.456. The number of rotatable bonds is 7. The number of carbonyl (C=O) groups excluding carboxylic acids is 2. The zero-order valence-electron chi connectivity index (χ0n) is 15.5. The third kappa shape index (κ3) is 6.51. The summed E-state index contributed by atoms with van der Waals surface area (Å²) in [5.41, 5.74) is 7.93. The Labute approximate surface area is 168 Å². The first kappa shape index (κ1) is 19.6. The van der Waals surface area contributed by atoms with Crippen molar-refractivity contribution >= 4 is 29.4 Å². The number of ether oxygens (including phenoxy) is 1. The normalized spacial score (nSPS) is 10.5. The first-order valence-corrected chi connectivity index (χ1v) is 8.87. The number of nitrogens with one attached hydrogen (secondary N) is 2. The van der Waals surface area contributed by atoms with Gasteiger partial charge in [0.15, 0.2) is 0 Å². The first-order chi connectivity index (χ1) is 14.1. The van der Waals surface area contributed by atoms with Crippen LogP contribution in [0.2, 0.25) is 0 Å². The number of anilines is 2. The van der Waals surface area contributed by atoms with Crippen LogP contribution in [0.5, 0.6) is 5.75 Å². The van der Waals surface area contributed by atoms with Gasteiger partial charge in [0.1, 0.15) is 12.4 Å². The fourth-order valence-corrected chi connectivity index (χ4v) is 2.45. The van der Waals surface area contributed by atoms with Crippen LogP contribution in [0.3, 0.4) is 0 Å². The summed E-state index contributed by atoms with van der Waals surface area (Å²) in [7, 11) is 0. The molecule has 0 radical (unpaired) electrons. The van der Waals surface area contributed by atoms with E-state index in [-0.39, 0.29) is 5.91 Å². The Bertz CT molecular complexity index is 985. The molecule has 0 bridgehead atoms. The van der Waals surface area contributed by atoms with E-state index in [1.165, 1.54) is 6.08 Å². The van der Waals surface area contributed by atoms with Crippen molar-refractivity contribution in [2.45, 2.75) is 6.61 Å². The Morgan fingerprint density at radius 1 is 0.931 bits per heavy atom. The summed E-state index contributed by atoms with van der Waals surface area (Å²) in [6, 6.07) is 19.1. The van der Waals surface area contributed by atoms with Gasteiger partial charge in [-0.25, -0.2) is 4.79 Å². The van der Waals surface area contributed by atoms with Gasteiger partial charge in [-0.05, 0) is 60.2 Å². The molecular formula is C22H20N4O3. The summed E-state index contributed by atoms with van der Waals surface area (Å²) in [6.45, 7) is 0.395. The molecule has 29 heavy (non-hydrogen) atoms. The maximum Gasteiger partial charge on any atom is 0.316 e. The van der Waals surface area contributed by atoms with Crippen molar-refractivity contribution in [2.24, 2.45) is 5.73 Å². The van der Waals surface area contributed by atoms with Gasteiger partial charge in [-0.15, -0.1) is 0 Å². The van der Waals surface area contributed by atoms with Crippen molar-refractivity contribution in [1.29, 1.82) is 0 Å². The number of aromatic nitrogens is 1. The van der Waals surface area contributed by atoms with Gasteiger partial charge in [-0.1, -0.05) is 18.2 Å². The van der Waals surface area contributed by atoms with Crippen LogP contribution in [0.4, 0.5) is 16.2 Å². The van der Waals surface area contributed by atoms with Gasteiger partial charge in [-0.3, -0.25) is 9.78 Å². The van der Waals surface area contributed by atoms with Gasteiger partial charge in [0.05, 0.1) is 5.69 Å². The third-order valence-corrected chi connectivity index (χ3v) is 3.84.